The molecule has 1 unspecified atom stereocenters. The van der Waals surface area contributed by atoms with Crippen LogP contribution in [0.4, 0.5) is 0 Å². The van der Waals surface area contributed by atoms with Crippen molar-refractivity contribution >= 4 is 25.7 Å². The van der Waals surface area contributed by atoms with Gasteiger partial charge in [-0.15, -0.1) is 0 Å². The highest BCUT2D eigenvalue weighted by Gasteiger charge is 2.20. The Kier molecular flexibility index (Phi) is 5.83. The fraction of sp³-hybridized carbons (Fsp3) is 1.00. The monoisotopic (exact) mass is 250 g/mol. The van der Waals surface area contributed by atoms with Crippen molar-refractivity contribution in [2.75, 3.05) is 0 Å². The molecule has 0 radical (unpaired) electrons. The Balaban J connectivity index is 3.60. The Morgan fingerprint density at radius 2 is 1.64 bits per heavy atom. The molecule has 0 aromatic rings. The molecule has 0 saturated heterocycles. The Hall–Kier alpha value is 0.571. The minimum atomic E-state index is -1.80. The molecule has 0 rings (SSSR count). The molecule has 0 fully saturated rings. The number of rotatable bonds is 6. The van der Waals surface area contributed by atoms with E-state index in [1.165, 1.54) is 6.04 Å². The number of hydrogen-bond donors (Lipinski definition) is 1. The largest absolute Gasteiger partial charge is 0.458 e. The van der Waals surface area contributed by atoms with Gasteiger partial charge in [0, 0.05) is 0 Å². The molecule has 0 aliphatic rings. The Labute approximate surface area is 92.7 Å². The molecule has 0 aromatic heterocycles. The molecule has 0 aromatic carbocycles. The minimum absolute atomic E-state index is 0.944. The van der Waals surface area contributed by atoms with Crippen molar-refractivity contribution in [3.63, 3.8) is 0 Å². The van der Waals surface area contributed by atoms with E-state index in [2.05, 4.69) is 26.2 Å². The van der Waals surface area contributed by atoms with E-state index in [1.807, 2.05) is 13.1 Å². The summed E-state index contributed by atoms with van der Waals surface area (Å²) in [6.07, 6.45) is 1.16. The maximum atomic E-state index is 9.69. The average Bonchev–Trinajstić information content (AvgIpc) is 1.78. The maximum Gasteiger partial charge on any atom is 0.182 e. The fourth-order valence-corrected chi connectivity index (χ4v) is 9.04. The van der Waals surface area contributed by atoms with Crippen molar-refractivity contribution < 1.29 is 8.91 Å². The predicted molar refractivity (Wildman–Crippen MR) is 71.4 cm³/mol. The van der Waals surface area contributed by atoms with Crippen LogP contribution in [0, 0.1) is 0 Å². The van der Waals surface area contributed by atoms with E-state index in [0.717, 1.165) is 12.5 Å². The van der Waals surface area contributed by atoms with Crippen LogP contribution in [0.3, 0.4) is 0 Å². The molecule has 2 nitrogen and oxygen atoms in total. The molecule has 0 bridgehead atoms. The van der Waals surface area contributed by atoms with Gasteiger partial charge < -0.3 is 8.91 Å². The van der Waals surface area contributed by atoms with Crippen LogP contribution >= 0.6 is 0 Å². The van der Waals surface area contributed by atoms with Crippen LogP contribution in [-0.4, -0.2) is 30.5 Å². The molecular weight excluding hydrogens is 224 g/mol. The summed E-state index contributed by atoms with van der Waals surface area (Å²) in [5.41, 5.74) is 0. The summed E-state index contributed by atoms with van der Waals surface area (Å²) in [5, 5.41) is 0. The topological polar surface area (TPSA) is 29.5 Å². The smallest absolute Gasteiger partial charge is 0.182 e. The summed E-state index contributed by atoms with van der Waals surface area (Å²) in [6.45, 7) is 13.1. The molecule has 0 amide bonds. The second-order valence-electron chi connectivity index (χ2n) is 5.75. The van der Waals surface area contributed by atoms with Gasteiger partial charge >= 0.3 is 0 Å². The SMILES string of the molecule is C[SiH](CCC[Si](C)(C)O)O[Si](C)(C)C. The molecule has 0 aliphatic carbocycles. The highest BCUT2D eigenvalue weighted by Crippen LogP contribution is 2.14. The first-order valence-electron chi connectivity index (χ1n) is 5.50. The zero-order chi connectivity index (χ0) is 11.4. The zero-order valence-electron chi connectivity index (χ0n) is 10.6. The van der Waals surface area contributed by atoms with Crippen LogP contribution in [0.25, 0.3) is 0 Å². The van der Waals surface area contributed by atoms with Crippen molar-refractivity contribution in [3.05, 3.63) is 0 Å². The van der Waals surface area contributed by atoms with Crippen molar-refractivity contribution in [2.24, 2.45) is 0 Å². The standard InChI is InChI=1S/C9H26O2Si3/c1-12(11-13(2,3)4)8-7-9-14(5,6)10/h10,12H,7-9H2,1-6H3. The van der Waals surface area contributed by atoms with Gasteiger partial charge in [0.2, 0.25) is 0 Å². The van der Waals surface area contributed by atoms with Crippen LogP contribution in [0.5, 0.6) is 0 Å². The highest BCUT2D eigenvalue weighted by atomic mass is 28.4. The molecule has 0 heterocycles. The first-order valence-corrected chi connectivity index (χ1v) is 14.5. The summed E-state index contributed by atoms with van der Waals surface area (Å²) in [4.78, 5) is 9.69. The Bertz CT molecular complexity index is 160. The molecule has 1 atom stereocenters. The molecule has 86 valence electrons. The zero-order valence-corrected chi connectivity index (χ0v) is 13.7. The molecule has 0 aliphatic heterocycles. The number of hydrogen-bond acceptors (Lipinski definition) is 2. The van der Waals surface area contributed by atoms with E-state index in [4.69, 9.17) is 4.12 Å². The van der Waals surface area contributed by atoms with Gasteiger partial charge in [-0.3, -0.25) is 0 Å². The summed E-state index contributed by atoms with van der Waals surface area (Å²) < 4.78 is 6.06. The van der Waals surface area contributed by atoms with Gasteiger partial charge in [0.1, 0.15) is 0 Å². The van der Waals surface area contributed by atoms with Crippen LogP contribution in [0.2, 0.25) is 51.4 Å². The average molecular weight is 251 g/mol. The summed E-state index contributed by atoms with van der Waals surface area (Å²) in [6, 6.07) is 2.25. The van der Waals surface area contributed by atoms with Crippen molar-refractivity contribution in [3.8, 4) is 0 Å². The first kappa shape index (κ1) is 14.6. The lowest BCUT2D eigenvalue weighted by molar-refractivity contribution is 0.542. The molecule has 5 heteroatoms. The second-order valence-corrected chi connectivity index (χ2v) is 17.2. The van der Waals surface area contributed by atoms with Crippen molar-refractivity contribution in [1.29, 1.82) is 0 Å². The first-order chi connectivity index (χ1) is 6.10. The molecule has 0 spiro atoms. The van der Waals surface area contributed by atoms with E-state index in [-0.39, 0.29) is 0 Å². The summed E-state index contributed by atoms with van der Waals surface area (Å²) >= 11 is 0. The molecule has 14 heavy (non-hydrogen) atoms. The van der Waals surface area contributed by atoms with E-state index >= 15 is 0 Å². The van der Waals surface area contributed by atoms with Gasteiger partial charge in [0.15, 0.2) is 25.7 Å². The maximum absolute atomic E-state index is 9.69. The minimum Gasteiger partial charge on any atom is -0.458 e. The van der Waals surface area contributed by atoms with Gasteiger partial charge in [-0.05, 0) is 51.4 Å². The van der Waals surface area contributed by atoms with Crippen LogP contribution in [0.15, 0.2) is 0 Å². The van der Waals surface area contributed by atoms with E-state index in [0.29, 0.717) is 0 Å². The third-order valence-electron chi connectivity index (χ3n) is 1.95. The summed E-state index contributed by atoms with van der Waals surface area (Å²) in [5.74, 6) is 0. The summed E-state index contributed by atoms with van der Waals surface area (Å²) in [7, 11) is -4.05. The van der Waals surface area contributed by atoms with Gasteiger partial charge in [0.25, 0.3) is 0 Å². The normalized spacial score (nSPS) is 15.6. The van der Waals surface area contributed by atoms with Crippen LogP contribution < -0.4 is 0 Å². The van der Waals surface area contributed by atoms with Gasteiger partial charge in [0.05, 0.1) is 0 Å². The van der Waals surface area contributed by atoms with Gasteiger partial charge in [-0.1, -0.05) is 6.42 Å². The fourth-order valence-electron chi connectivity index (χ4n) is 1.48. The third-order valence-corrected chi connectivity index (χ3v) is 9.19. The molecule has 1 N–H and O–H groups in total. The lowest BCUT2D eigenvalue weighted by Crippen LogP contribution is -2.33. The van der Waals surface area contributed by atoms with E-state index < -0.39 is 25.7 Å². The lowest BCUT2D eigenvalue weighted by atomic mass is 10.6. The predicted octanol–water partition coefficient (Wildman–Crippen LogP) is 2.78. The van der Waals surface area contributed by atoms with E-state index in [1.54, 1.807) is 0 Å². The third kappa shape index (κ3) is 10.7. The van der Waals surface area contributed by atoms with Gasteiger partial charge in [-0.2, -0.15) is 0 Å². The van der Waals surface area contributed by atoms with Crippen LogP contribution in [-0.2, 0) is 4.12 Å². The Morgan fingerprint density at radius 1 is 1.14 bits per heavy atom. The second kappa shape index (κ2) is 5.60. The van der Waals surface area contributed by atoms with Gasteiger partial charge in [-0.25, -0.2) is 0 Å². The Morgan fingerprint density at radius 3 is 2.00 bits per heavy atom. The molecule has 0 saturated carbocycles. The van der Waals surface area contributed by atoms with E-state index in [9.17, 15) is 4.80 Å². The quantitative estimate of drug-likeness (QED) is 0.735. The molecular formula is C9H26O2Si3. The lowest BCUT2D eigenvalue weighted by Gasteiger charge is -2.23. The van der Waals surface area contributed by atoms with Crippen LogP contribution in [0.1, 0.15) is 6.42 Å². The van der Waals surface area contributed by atoms with Crippen molar-refractivity contribution in [2.45, 2.75) is 57.8 Å². The highest BCUT2D eigenvalue weighted by molar-refractivity contribution is 6.77. The van der Waals surface area contributed by atoms with Crippen molar-refractivity contribution in [1.82, 2.24) is 0 Å².